The molecule has 0 saturated heterocycles. The Balaban J connectivity index is 1.59. The van der Waals surface area contributed by atoms with Crippen LogP contribution in [0.5, 0.6) is 0 Å². The lowest BCUT2D eigenvalue weighted by molar-refractivity contribution is -0.393. The predicted octanol–water partition coefficient (Wildman–Crippen LogP) is 2.65. The zero-order valence-electron chi connectivity index (χ0n) is 16.8. The summed E-state index contributed by atoms with van der Waals surface area (Å²) in [6.45, 7) is 0.584. The van der Waals surface area contributed by atoms with E-state index in [4.69, 9.17) is 0 Å². The lowest BCUT2D eigenvalue weighted by Gasteiger charge is -2.12. The van der Waals surface area contributed by atoms with Gasteiger partial charge in [0.2, 0.25) is 0 Å². The number of H-pyrrole nitrogens is 1. The predicted molar refractivity (Wildman–Crippen MR) is 116 cm³/mol. The average molecular weight is 435 g/mol. The van der Waals surface area contributed by atoms with E-state index in [1.165, 1.54) is 30.4 Å². The normalized spacial score (nSPS) is 13.0. The van der Waals surface area contributed by atoms with Gasteiger partial charge in [0.15, 0.2) is 0 Å². The first-order valence-corrected chi connectivity index (χ1v) is 9.50. The molecule has 32 heavy (non-hydrogen) atoms. The van der Waals surface area contributed by atoms with E-state index in [0.717, 1.165) is 29.4 Å². The first-order chi connectivity index (χ1) is 15.3. The molecule has 3 heterocycles. The van der Waals surface area contributed by atoms with E-state index in [1.54, 1.807) is 24.4 Å². The molecule has 0 radical (unpaired) electrons. The highest BCUT2D eigenvalue weighted by atomic mass is 16.6. The number of fused-ring (bicyclic) bond motifs is 1. The molecule has 2 N–H and O–H groups in total. The number of benzene rings is 1. The summed E-state index contributed by atoms with van der Waals surface area (Å²) in [5, 5.41) is 30.5. The van der Waals surface area contributed by atoms with E-state index >= 15 is 0 Å². The Hall–Kier alpha value is -4.61. The Labute approximate surface area is 180 Å². The van der Waals surface area contributed by atoms with Crippen molar-refractivity contribution >= 4 is 29.2 Å². The van der Waals surface area contributed by atoms with Crippen molar-refractivity contribution in [3.63, 3.8) is 0 Å². The van der Waals surface area contributed by atoms with Gasteiger partial charge in [0, 0.05) is 49.2 Å². The standard InChI is InChI=1S/C20H17N7O5/c1-25(18-3-2-14(26(29)30)9-19(18)27(31)32)23-11-13-8-12(4-6-21-13)17-10-15-16(24-17)5-7-22-20(15)28/h2-4,6,8-11,24H,5,7H2,1H3,(H,22,28)/b23-11+. The molecule has 0 fully saturated rings. The van der Waals surface area contributed by atoms with E-state index in [9.17, 15) is 25.0 Å². The summed E-state index contributed by atoms with van der Waals surface area (Å²) in [5.41, 5.74) is 2.82. The maximum absolute atomic E-state index is 12.0. The second kappa shape index (κ2) is 8.26. The monoisotopic (exact) mass is 435 g/mol. The number of carbonyl (C=O) groups is 1. The summed E-state index contributed by atoms with van der Waals surface area (Å²) >= 11 is 0. The number of nitrogens with one attached hydrogen (secondary N) is 2. The van der Waals surface area contributed by atoms with Crippen molar-refractivity contribution in [2.24, 2.45) is 5.10 Å². The van der Waals surface area contributed by atoms with Crippen molar-refractivity contribution in [2.45, 2.75) is 6.42 Å². The highest BCUT2D eigenvalue weighted by Crippen LogP contribution is 2.31. The van der Waals surface area contributed by atoms with Crippen molar-refractivity contribution in [3.05, 3.63) is 79.8 Å². The van der Waals surface area contributed by atoms with Gasteiger partial charge in [-0.1, -0.05) is 0 Å². The van der Waals surface area contributed by atoms with E-state index in [2.05, 4.69) is 20.4 Å². The fourth-order valence-electron chi connectivity index (χ4n) is 3.39. The maximum atomic E-state index is 12.0. The molecule has 0 atom stereocenters. The van der Waals surface area contributed by atoms with Gasteiger partial charge in [-0.05, 0) is 24.3 Å². The van der Waals surface area contributed by atoms with Gasteiger partial charge in [-0.2, -0.15) is 5.10 Å². The molecular weight excluding hydrogens is 418 g/mol. The number of aromatic amines is 1. The van der Waals surface area contributed by atoms with Crippen LogP contribution in [0.25, 0.3) is 11.3 Å². The van der Waals surface area contributed by atoms with Gasteiger partial charge in [0.05, 0.1) is 33.4 Å². The third-order valence-electron chi connectivity index (χ3n) is 4.97. The van der Waals surface area contributed by atoms with Crippen LogP contribution in [-0.4, -0.2) is 45.5 Å². The minimum Gasteiger partial charge on any atom is -0.358 e. The number of hydrogen-bond acceptors (Lipinski definition) is 8. The molecule has 0 saturated carbocycles. The minimum absolute atomic E-state index is 0.0936. The van der Waals surface area contributed by atoms with E-state index in [1.807, 2.05) is 0 Å². The lowest BCUT2D eigenvalue weighted by Crippen LogP contribution is -2.31. The Morgan fingerprint density at radius 3 is 2.69 bits per heavy atom. The van der Waals surface area contributed by atoms with E-state index in [0.29, 0.717) is 17.8 Å². The molecule has 0 bridgehead atoms. The summed E-state index contributed by atoms with van der Waals surface area (Å²) in [5.74, 6) is -0.115. The molecule has 162 valence electrons. The Bertz CT molecular complexity index is 1270. The van der Waals surface area contributed by atoms with Gasteiger partial charge in [0.1, 0.15) is 5.69 Å². The molecule has 12 nitrogen and oxygen atoms in total. The van der Waals surface area contributed by atoms with Crippen molar-refractivity contribution in [1.82, 2.24) is 15.3 Å². The first kappa shape index (κ1) is 20.7. The number of pyridine rings is 1. The summed E-state index contributed by atoms with van der Waals surface area (Å²) in [6.07, 6.45) is 3.73. The number of nitrogens with zero attached hydrogens (tertiary/aromatic N) is 5. The van der Waals surface area contributed by atoms with Crippen LogP contribution in [0.15, 0.2) is 47.7 Å². The van der Waals surface area contributed by atoms with E-state index in [-0.39, 0.29) is 17.3 Å². The SMILES string of the molecule is CN(/N=C/c1cc(-c2cc3c([nH]2)CCNC3=O)ccn1)c1ccc([N+](=O)[O-])cc1[N+](=O)[O-]. The Morgan fingerprint density at radius 1 is 1.16 bits per heavy atom. The van der Waals surface area contributed by atoms with Crippen LogP contribution in [0.3, 0.4) is 0 Å². The summed E-state index contributed by atoms with van der Waals surface area (Å²) in [4.78, 5) is 40.3. The fourth-order valence-corrected chi connectivity index (χ4v) is 3.39. The average Bonchev–Trinajstić information content (AvgIpc) is 3.23. The molecule has 0 spiro atoms. The molecule has 1 aliphatic rings. The molecule has 1 amide bonds. The number of hydrazone groups is 1. The second-order valence-corrected chi connectivity index (χ2v) is 7.01. The molecule has 0 aliphatic carbocycles. The number of nitro groups is 2. The molecule has 0 unspecified atom stereocenters. The second-order valence-electron chi connectivity index (χ2n) is 7.01. The number of anilines is 1. The number of amides is 1. The zero-order valence-corrected chi connectivity index (χ0v) is 16.8. The van der Waals surface area contributed by atoms with Gasteiger partial charge >= 0.3 is 5.69 Å². The molecule has 1 aromatic carbocycles. The van der Waals surface area contributed by atoms with Crippen LogP contribution in [0, 0.1) is 20.2 Å². The smallest absolute Gasteiger partial charge is 0.301 e. The van der Waals surface area contributed by atoms with Crippen LogP contribution >= 0.6 is 0 Å². The molecular formula is C20H17N7O5. The molecule has 1 aliphatic heterocycles. The third kappa shape index (κ3) is 4.01. The van der Waals surface area contributed by atoms with Gasteiger partial charge in [0.25, 0.3) is 11.6 Å². The molecule has 12 heteroatoms. The van der Waals surface area contributed by atoms with Crippen molar-refractivity contribution in [2.75, 3.05) is 18.6 Å². The summed E-state index contributed by atoms with van der Waals surface area (Å²) in [7, 11) is 1.49. The maximum Gasteiger partial charge on any atom is 0.301 e. The van der Waals surface area contributed by atoms with Crippen LogP contribution in [0.4, 0.5) is 17.1 Å². The molecule has 2 aromatic heterocycles. The quantitative estimate of drug-likeness (QED) is 0.342. The van der Waals surface area contributed by atoms with Crippen LogP contribution in [0.2, 0.25) is 0 Å². The van der Waals surface area contributed by atoms with Crippen molar-refractivity contribution < 1.29 is 14.6 Å². The van der Waals surface area contributed by atoms with Crippen molar-refractivity contribution in [1.29, 1.82) is 0 Å². The minimum atomic E-state index is -0.698. The van der Waals surface area contributed by atoms with Crippen molar-refractivity contribution in [3.8, 4) is 11.3 Å². The zero-order chi connectivity index (χ0) is 22.8. The van der Waals surface area contributed by atoms with Crippen LogP contribution < -0.4 is 10.3 Å². The van der Waals surface area contributed by atoms with Gasteiger partial charge in [-0.25, -0.2) is 0 Å². The number of nitro benzene ring substituents is 2. The highest BCUT2D eigenvalue weighted by molar-refractivity contribution is 5.97. The largest absolute Gasteiger partial charge is 0.358 e. The van der Waals surface area contributed by atoms with Crippen LogP contribution in [-0.2, 0) is 6.42 Å². The summed E-state index contributed by atoms with van der Waals surface area (Å²) < 4.78 is 0. The first-order valence-electron chi connectivity index (χ1n) is 9.50. The Kier molecular flexibility index (Phi) is 5.33. The summed E-state index contributed by atoms with van der Waals surface area (Å²) in [6, 6.07) is 8.67. The van der Waals surface area contributed by atoms with Gasteiger partial charge in [-0.3, -0.25) is 35.0 Å². The van der Waals surface area contributed by atoms with Crippen LogP contribution in [0.1, 0.15) is 21.7 Å². The number of hydrogen-bond donors (Lipinski definition) is 2. The molecule has 4 rings (SSSR count). The number of rotatable bonds is 6. The van der Waals surface area contributed by atoms with E-state index < -0.39 is 15.5 Å². The topological polar surface area (TPSA) is 160 Å². The number of non-ortho nitro benzene ring substituents is 1. The molecule has 3 aromatic rings. The number of aromatic nitrogens is 2. The fraction of sp³-hybridized carbons (Fsp3) is 0.150. The Morgan fingerprint density at radius 2 is 1.97 bits per heavy atom. The highest BCUT2D eigenvalue weighted by Gasteiger charge is 2.22. The third-order valence-corrected chi connectivity index (χ3v) is 4.97. The number of carbonyl (C=O) groups excluding carboxylic acids is 1. The van der Waals surface area contributed by atoms with Gasteiger partial charge < -0.3 is 10.3 Å². The van der Waals surface area contributed by atoms with Gasteiger partial charge in [-0.15, -0.1) is 0 Å². The lowest BCUT2D eigenvalue weighted by atomic mass is 10.1.